The summed E-state index contributed by atoms with van der Waals surface area (Å²) in [6.45, 7) is 0. The Morgan fingerprint density at radius 1 is 1.10 bits per heavy atom. The van der Waals surface area contributed by atoms with Crippen molar-refractivity contribution in [3.8, 4) is 17.4 Å². The lowest BCUT2D eigenvalue weighted by molar-refractivity contribution is -0.137. The zero-order chi connectivity index (χ0) is 21.0. The molecule has 0 fully saturated rings. The largest absolute Gasteiger partial charge is 0.457 e. The van der Waals surface area contributed by atoms with Crippen LogP contribution < -0.4 is 5.32 Å². The highest BCUT2D eigenvalue weighted by Gasteiger charge is 2.30. The van der Waals surface area contributed by atoms with Crippen LogP contribution >= 0.6 is 11.6 Å². The van der Waals surface area contributed by atoms with Crippen LogP contribution in [-0.2, 0) is 11.0 Å². The van der Waals surface area contributed by atoms with Crippen molar-refractivity contribution in [1.29, 1.82) is 5.26 Å². The van der Waals surface area contributed by atoms with E-state index in [0.29, 0.717) is 10.8 Å². The van der Waals surface area contributed by atoms with Crippen molar-refractivity contribution < 1.29 is 22.4 Å². The van der Waals surface area contributed by atoms with Gasteiger partial charge in [0.15, 0.2) is 0 Å². The van der Waals surface area contributed by atoms with Crippen LogP contribution in [0.2, 0.25) is 5.02 Å². The number of alkyl halides is 3. The summed E-state index contributed by atoms with van der Waals surface area (Å²) >= 11 is 5.85. The number of halogens is 4. The van der Waals surface area contributed by atoms with E-state index in [2.05, 4.69) is 5.32 Å². The van der Waals surface area contributed by atoms with Crippen molar-refractivity contribution in [2.75, 3.05) is 5.32 Å². The highest BCUT2D eigenvalue weighted by molar-refractivity contribution is 6.30. The van der Waals surface area contributed by atoms with Crippen LogP contribution in [0.1, 0.15) is 11.3 Å². The maximum atomic E-state index is 12.8. The van der Waals surface area contributed by atoms with E-state index in [1.165, 1.54) is 18.2 Å². The van der Waals surface area contributed by atoms with Crippen molar-refractivity contribution in [3.63, 3.8) is 0 Å². The molecule has 146 valence electrons. The summed E-state index contributed by atoms with van der Waals surface area (Å²) in [5.74, 6) is -0.106. The third kappa shape index (κ3) is 5.06. The lowest BCUT2D eigenvalue weighted by Crippen LogP contribution is -2.14. The summed E-state index contributed by atoms with van der Waals surface area (Å²) in [5.41, 5.74) is -0.552. The minimum absolute atomic E-state index is 0.0766. The molecule has 2 aromatic carbocycles. The Bertz CT molecular complexity index is 1110. The SMILES string of the molecule is N#CC(=Cc1ccc(-c2ccc(Cl)cc2)o1)C(=O)Nc1cccc(C(F)(F)F)c1. The van der Waals surface area contributed by atoms with Crippen molar-refractivity contribution in [2.45, 2.75) is 6.18 Å². The van der Waals surface area contributed by atoms with Crippen molar-refractivity contribution >= 4 is 29.3 Å². The lowest BCUT2D eigenvalue weighted by atomic mass is 10.1. The lowest BCUT2D eigenvalue weighted by Gasteiger charge is -2.09. The number of furan rings is 1. The summed E-state index contributed by atoms with van der Waals surface area (Å²) < 4.78 is 44.0. The Balaban J connectivity index is 1.79. The normalized spacial score (nSPS) is 11.8. The number of carbonyl (C=O) groups is 1. The van der Waals surface area contributed by atoms with Gasteiger partial charge in [-0.25, -0.2) is 0 Å². The number of benzene rings is 2. The Labute approximate surface area is 168 Å². The average molecular weight is 417 g/mol. The van der Waals surface area contributed by atoms with E-state index in [1.807, 2.05) is 0 Å². The van der Waals surface area contributed by atoms with E-state index in [9.17, 15) is 23.2 Å². The van der Waals surface area contributed by atoms with Crippen LogP contribution in [0.15, 0.2) is 70.7 Å². The van der Waals surface area contributed by atoms with Gasteiger partial charge in [-0.1, -0.05) is 17.7 Å². The van der Waals surface area contributed by atoms with Crippen molar-refractivity contribution in [3.05, 3.63) is 82.6 Å². The summed E-state index contributed by atoms with van der Waals surface area (Å²) in [5, 5.41) is 12.1. The average Bonchev–Trinajstić information content (AvgIpc) is 3.14. The van der Waals surface area contributed by atoms with Gasteiger partial charge in [-0.15, -0.1) is 0 Å². The summed E-state index contributed by atoms with van der Waals surface area (Å²) in [6.07, 6.45) is -3.33. The van der Waals surface area contributed by atoms with Gasteiger partial charge in [0, 0.05) is 22.3 Å². The number of carbonyl (C=O) groups excluding carboxylic acids is 1. The number of hydrogen-bond acceptors (Lipinski definition) is 3. The molecule has 0 spiro atoms. The van der Waals surface area contributed by atoms with Crippen LogP contribution in [0, 0.1) is 11.3 Å². The molecule has 0 bridgehead atoms. The maximum absolute atomic E-state index is 12.8. The predicted molar refractivity (Wildman–Crippen MR) is 103 cm³/mol. The summed E-state index contributed by atoms with van der Waals surface area (Å²) in [7, 11) is 0. The van der Waals surface area contributed by atoms with E-state index >= 15 is 0 Å². The van der Waals surface area contributed by atoms with Crippen LogP contribution in [0.5, 0.6) is 0 Å². The highest BCUT2D eigenvalue weighted by atomic mass is 35.5. The van der Waals surface area contributed by atoms with Crippen LogP contribution in [0.3, 0.4) is 0 Å². The smallest absolute Gasteiger partial charge is 0.416 e. The maximum Gasteiger partial charge on any atom is 0.416 e. The molecule has 0 atom stereocenters. The number of nitrogens with one attached hydrogen (secondary N) is 1. The molecule has 1 N–H and O–H groups in total. The van der Waals surface area contributed by atoms with Gasteiger partial charge in [-0.3, -0.25) is 4.79 Å². The van der Waals surface area contributed by atoms with E-state index in [1.54, 1.807) is 42.5 Å². The molecular formula is C21H12ClF3N2O2. The van der Waals surface area contributed by atoms with Gasteiger partial charge in [0.1, 0.15) is 23.2 Å². The van der Waals surface area contributed by atoms with E-state index < -0.39 is 17.6 Å². The molecule has 29 heavy (non-hydrogen) atoms. The molecule has 1 aromatic heterocycles. The first-order chi connectivity index (χ1) is 13.8. The fourth-order valence-electron chi connectivity index (χ4n) is 2.46. The van der Waals surface area contributed by atoms with Crippen molar-refractivity contribution in [2.24, 2.45) is 0 Å². The van der Waals surface area contributed by atoms with Gasteiger partial charge in [0.2, 0.25) is 0 Å². The van der Waals surface area contributed by atoms with Gasteiger partial charge in [0.05, 0.1) is 5.56 Å². The molecule has 0 saturated heterocycles. The van der Waals surface area contributed by atoms with E-state index in [0.717, 1.165) is 17.7 Å². The second-order valence-electron chi connectivity index (χ2n) is 5.91. The van der Waals surface area contributed by atoms with Crippen molar-refractivity contribution in [1.82, 2.24) is 0 Å². The number of rotatable bonds is 4. The molecular weight excluding hydrogens is 405 g/mol. The number of anilines is 1. The molecule has 1 heterocycles. The molecule has 0 saturated carbocycles. The zero-order valence-corrected chi connectivity index (χ0v) is 15.4. The zero-order valence-electron chi connectivity index (χ0n) is 14.6. The Hall–Kier alpha value is -3.50. The standard InChI is InChI=1S/C21H12ClF3N2O2/c22-16-6-4-13(5-7-16)19-9-8-18(29-19)10-14(12-26)20(28)27-17-3-1-2-15(11-17)21(23,24)25/h1-11H,(H,27,28). The van der Waals surface area contributed by atoms with Crippen LogP contribution in [0.4, 0.5) is 18.9 Å². The number of nitriles is 1. The number of amides is 1. The van der Waals surface area contributed by atoms with Gasteiger partial charge < -0.3 is 9.73 Å². The van der Waals surface area contributed by atoms with Crippen LogP contribution in [0.25, 0.3) is 17.4 Å². The molecule has 0 aliphatic rings. The number of hydrogen-bond donors (Lipinski definition) is 1. The minimum Gasteiger partial charge on any atom is -0.457 e. The molecule has 3 rings (SSSR count). The Morgan fingerprint density at radius 2 is 1.83 bits per heavy atom. The van der Waals surface area contributed by atoms with E-state index in [-0.39, 0.29) is 17.0 Å². The first-order valence-electron chi connectivity index (χ1n) is 8.22. The highest BCUT2D eigenvalue weighted by Crippen LogP contribution is 2.31. The van der Waals surface area contributed by atoms with Gasteiger partial charge in [0.25, 0.3) is 5.91 Å². The third-order valence-electron chi connectivity index (χ3n) is 3.85. The van der Waals surface area contributed by atoms with Gasteiger partial charge >= 0.3 is 6.18 Å². The molecule has 3 aromatic rings. The molecule has 0 radical (unpaired) electrons. The van der Waals surface area contributed by atoms with E-state index in [4.69, 9.17) is 16.0 Å². The second-order valence-corrected chi connectivity index (χ2v) is 6.35. The second kappa shape index (κ2) is 8.25. The first-order valence-corrected chi connectivity index (χ1v) is 8.60. The van der Waals surface area contributed by atoms with Gasteiger partial charge in [-0.05, 0) is 54.6 Å². The Morgan fingerprint density at radius 3 is 2.48 bits per heavy atom. The molecule has 0 aliphatic carbocycles. The number of nitrogens with zero attached hydrogens (tertiary/aromatic N) is 1. The predicted octanol–water partition coefficient (Wildman–Crippen LogP) is 6.16. The third-order valence-corrected chi connectivity index (χ3v) is 4.11. The first kappa shape index (κ1) is 20.2. The topological polar surface area (TPSA) is 66.0 Å². The molecule has 0 aliphatic heterocycles. The fourth-order valence-corrected chi connectivity index (χ4v) is 2.59. The summed E-state index contributed by atoms with van der Waals surface area (Å²) in [4.78, 5) is 12.3. The molecule has 4 nitrogen and oxygen atoms in total. The van der Waals surface area contributed by atoms with Gasteiger partial charge in [-0.2, -0.15) is 18.4 Å². The minimum atomic E-state index is -4.54. The summed E-state index contributed by atoms with van der Waals surface area (Å²) in [6, 6.07) is 16.0. The monoisotopic (exact) mass is 416 g/mol. The Kier molecular flexibility index (Phi) is 5.76. The molecule has 1 amide bonds. The molecule has 8 heteroatoms. The fraction of sp³-hybridized carbons (Fsp3) is 0.0476. The quantitative estimate of drug-likeness (QED) is 0.409. The van der Waals surface area contributed by atoms with Crippen LogP contribution in [-0.4, -0.2) is 5.91 Å². The molecule has 0 unspecified atom stereocenters.